The Morgan fingerprint density at radius 3 is 2.53 bits per heavy atom. The maximum Gasteiger partial charge on any atom is 0.230 e. The van der Waals surface area contributed by atoms with Gasteiger partial charge in [0.15, 0.2) is 5.84 Å². The number of carbonyl (C=O) groups is 1. The Labute approximate surface area is 103 Å². The first-order valence-corrected chi connectivity index (χ1v) is 5.85. The average molecular weight is 244 g/mol. The highest BCUT2D eigenvalue weighted by atomic mass is 16.4. The molecule has 0 heterocycles. The van der Waals surface area contributed by atoms with Gasteiger partial charge < -0.3 is 21.2 Å². The first-order valence-electron chi connectivity index (χ1n) is 5.85. The van der Waals surface area contributed by atoms with Crippen LogP contribution in [0.2, 0.25) is 0 Å². The number of hydrogen-bond donors (Lipinski definition) is 3. The van der Waals surface area contributed by atoms with Gasteiger partial charge in [0.05, 0.1) is 5.92 Å². The predicted molar refractivity (Wildman–Crippen MR) is 68.0 cm³/mol. The van der Waals surface area contributed by atoms with E-state index in [9.17, 15) is 4.79 Å². The van der Waals surface area contributed by atoms with Gasteiger partial charge in [-0.2, -0.15) is 0 Å². The molecule has 17 heavy (non-hydrogen) atoms. The SMILES string of the molecule is CCCC(C(=O)NCC(C)N(C)C)C(N)=NO. The van der Waals surface area contributed by atoms with E-state index in [-0.39, 0.29) is 17.8 Å². The zero-order valence-corrected chi connectivity index (χ0v) is 11.1. The third-order valence-corrected chi connectivity index (χ3v) is 2.82. The van der Waals surface area contributed by atoms with Crippen molar-refractivity contribution in [3.8, 4) is 0 Å². The zero-order chi connectivity index (χ0) is 13.4. The van der Waals surface area contributed by atoms with E-state index in [4.69, 9.17) is 10.9 Å². The van der Waals surface area contributed by atoms with E-state index in [1.807, 2.05) is 32.8 Å². The molecular weight excluding hydrogens is 220 g/mol. The molecule has 0 aromatic rings. The molecule has 1 amide bonds. The summed E-state index contributed by atoms with van der Waals surface area (Å²) in [5, 5.41) is 14.3. The van der Waals surface area contributed by atoms with Crippen molar-refractivity contribution in [3.05, 3.63) is 0 Å². The predicted octanol–water partition coefficient (Wildman–Crippen LogP) is 0.215. The van der Waals surface area contributed by atoms with Crippen LogP contribution in [0, 0.1) is 5.92 Å². The molecule has 0 saturated carbocycles. The second-order valence-corrected chi connectivity index (χ2v) is 4.42. The fraction of sp³-hybridized carbons (Fsp3) is 0.818. The summed E-state index contributed by atoms with van der Waals surface area (Å²) < 4.78 is 0. The lowest BCUT2D eigenvalue weighted by Crippen LogP contribution is -2.44. The van der Waals surface area contributed by atoms with Gasteiger partial charge in [0.1, 0.15) is 0 Å². The molecule has 4 N–H and O–H groups in total. The van der Waals surface area contributed by atoms with Crippen molar-refractivity contribution in [2.24, 2.45) is 16.8 Å². The summed E-state index contributed by atoms with van der Waals surface area (Å²) in [7, 11) is 3.90. The van der Waals surface area contributed by atoms with Crippen LogP contribution in [0.1, 0.15) is 26.7 Å². The Morgan fingerprint density at radius 2 is 2.12 bits per heavy atom. The summed E-state index contributed by atoms with van der Waals surface area (Å²) in [6.45, 7) is 4.51. The van der Waals surface area contributed by atoms with Crippen LogP contribution in [0.4, 0.5) is 0 Å². The third kappa shape index (κ3) is 5.53. The standard InChI is InChI=1S/C11H24N4O2/c1-5-6-9(10(12)14-17)11(16)13-7-8(2)15(3)4/h8-9,17H,5-7H2,1-4H3,(H2,12,14)(H,13,16). The van der Waals surface area contributed by atoms with Gasteiger partial charge in [-0.3, -0.25) is 4.79 Å². The Hall–Kier alpha value is -1.30. The molecule has 0 rings (SSSR count). The first-order chi connectivity index (χ1) is 7.93. The number of amides is 1. The molecule has 0 bridgehead atoms. The average Bonchev–Trinajstić information content (AvgIpc) is 2.31. The molecular formula is C11H24N4O2. The normalized spacial score (nSPS) is 15.7. The molecule has 0 aliphatic heterocycles. The summed E-state index contributed by atoms with van der Waals surface area (Å²) in [5.41, 5.74) is 5.50. The molecule has 6 nitrogen and oxygen atoms in total. The van der Waals surface area contributed by atoms with Crippen molar-refractivity contribution in [1.29, 1.82) is 0 Å². The molecule has 100 valence electrons. The van der Waals surface area contributed by atoms with E-state index in [1.165, 1.54) is 0 Å². The highest BCUT2D eigenvalue weighted by Gasteiger charge is 2.22. The number of nitrogens with one attached hydrogen (secondary N) is 1. The first kappa shape index (κ1) is 15.7. The molecule has 0 aromatic heterocycles. The summed E-state index contributed by atoms with van der Waals surface area (Å²) in [6.07, 6.45) is 1.38. The fourth-order valence-electron chi connectivity index (χ4n) is 1.33. The number of carbonyl (C=O) groups excluding carboxylic acids is 1. The zero-order valence-electron chi connectivity index (χ0n) is 11.1. The van der Waals surface area contributed by atoms with Crippen LogP contribution < -0.4 is 11.1 Å². The van der Waals surface area contributed by atoms with Crippen LogP contribution in [0.5, 0.6) is 0 Å². The summed E-state index contributed by atoms with van der Waals surface area (Å²) in [6, 6.07) is 0.244. The van der Waals surface area contributed by atoms with Gasteiger partial charge >= 0.3 is 0 Å². The number of rotatable bonds is 7. The highest BCUT2D eigenvalue weighted by molar-refractivity contribution is 6.02. The van der Waals surface area contributed by atoms with Gasteiger partial charge in [-0.15, -0.1) is 0 Å². The Morgan fingerprint density at radius 1 is 1.53 bits per heavy atom. The molecule has 2 atom stereocenters. The lowest BCUT2D eigenvalue weighted by Gasteiger charge is -2.21. The molecule has 0 aliphatic rings. The number of hydrogen-bond acceptors (Lipinski definition) is 4. The number of amidine groups is 1. The minimum absolute atomic E-state index is 0.0261. The van der Waals surface area contributed by atoms with Crippen molar-refractivity contribution < 1.29 is 10.0 Å². The smallest absolute Gasteiger partial charge is 0.230 e. The van der Waals surface area contributed by atoms with Crippen LogP contribution in [0.3, 0.4) is 0 Å². The van der Waals surface area contributed by atoms with E-state index >= 15 is 0 Å². The number of likely N-dealkylation sites (N-methyl/N-ethyl adjacent to an activating group) is 1. The Kier molecular flexibility index (Phi) is 7.29. The van der Waals surface area contributed by atoms with Crippen molar-refractivity contribution in [2.75, 3.05) is 20.6 Å². The lowest BCUT2D eigenvalue weighted by atomic mass is 10.0. The van der Waals surface area contributed by atoms with E-state index in [0.717, 1.165) is 6.42 Å². The number of nitrogens with zero attached hydrogens (tertiary/aromatic N) is 2. The second kappa shape index (κ2) is 7.89. The maximum absolute atomic E-state index is 11.9. The molecule has 0 aliphatic carbocycles. The van der Waals surface area contributed by atoms with Gasteiger partial charge in [-0.1, -0.05) is 18.5 Å². The van der Waals surface area contributed by atoms with Gasteiger partial charge in [-0.25, -0.2) is 0 Å². The van der Waals surface area contributed by atoms with Crippen molar-refractivity contribution >= 4 is 11.7 Å². The van der Waals surface area contributed by atoms with Gasteiger partial charge in [0.25, 0.3) is 0 Å². The van der Waals surface area contributed by atoms with Gasteiger partial charge in [0.2, 0.25) is 5.91 Å². The topological polar surface area (TPSA) is 91.0 Å². The van der Waals surface area contributed by atoms with Crippen LogP contribution in [-0.2, 0) is 4.79 Å². The maximum atomic E-state index is 11.9. The molecule has 2 unspecified atom stereocenters. The van der Waals surface area contributed by atoms with E-state index < -0.39 is 5.92 Å². The minimum Gasteiger partial charge on any atom is -0.409 e. The second-order valence-electron chi connectivity index (χ2n) is 4.42. The van der Waals surface area contributed by atoms with Crippen molar-refractivity contribution in [2.45, 2.75) is 32.7 Å². The van der Waals surface area contributed by atoms with Gasteiger partial charge in [0, 0.05) is 12.6 Å². The molecule has 0 fully saturated rings. The summed E-state index contributed by atoms with van der Waals surface area (Å²) >= 11 is 0. The largest absolute Gasteiger partial charge is 0.409 e. The minimum atomic E-state index is -0.542. The summed E-state index contributed by atoms with van der Waals surface area (Å²) in [5.74, 6) is -0.753. The van der Waals surface area contributed by atoms with Crippen molar-refractivity contribution in [3.63, 3.8) is 0 Å². The molecule has 0 radical (unpaired) electrons. The third-order valence-electron chi connectivity index (χ3n) is 2.82. The van der Waals surface area contributed by atoms with Gasteiger partial charge in [-0.05, 0) is 27.4 Å². The summed E-state index contributed by atoms with van der Waals surface area (Å²) in [4.78, 5) is 13.9. The molecule has 0 spiro atoms. The number of nitrogens with two attached hydrogens (primary N) is 1. The monoisotopic (exact) mass is 244 g/mol. The molecule has 6 heteroatoms. The lowest BCUT2D eigenvalue weighted by molar-refractivity contribution is -0.123. The Bertz CT molecular complexity index is 266. The van der Waals surface area contributed by atoms with Crippen molar-refractivity contribution in [1.82, 2.24) is 10.2 Å². The highest BCUT2D eigenvalue weighted by Crippen LogP contribution is 2.07. The quantitative estimate of drug-likeness (QED) is 0.258. The Balaban J connectivity index is 4.34. The molecule has 0 aromatic carbocycles. The van der Waals surface area contributed by atoms with Crippen LogP contribution in [0.25, 0.3) is 0 Å². The van der Waals surface area contributed by atoms with Crippen LogP contribution >= 0.6 is 0 Å². The number of oxime groups is 1. The van der Waals surface area contributed by atoms with E-state index in [1.54, 1.807) is 0 Å². The van der Waals surface area contributed by atoms with E-state index in [2.05, 4.69) is 10.5 Å². The van der Waals surface area contributed by atoms with Crippen LogP contribution in [-0.4, -0.2) is 48.5 Å². The fourth-order valence-corrected chi connectivity index (χ4v) is 1.33. The van der Waals surface area contributed by atoms with E-state index in [0.29, 0.717) is 13.0 Å². The molecule has 0 saturated heterocycles. The van der Waals surface area contributed by atoms with Crippen LogP contribution in [0.15, 0.2) is 5.16 Å².